The van der Waals surface area contributed by atoms with Gasteiger partial charge in [0, 0.05) is 0 Å². The second-order valence-corrected chi connectivity index (χ2v) is 3.38. The Labute approximate surface area is 79.5 Å². The van der Waals surface area contributed by atoms with Gasteiger partial charge in [-0.25, -0.2) is 0 Å². The number of ether oxygens (including phenoxy) is 2. The van der Waals surface area contributed by atoms with Crippen LogP contribution in [0.2, 0.25) is 0 Å². The average molecular weight is 192 g/mol. The van der Waals surface area contributed by atoms with Gasteiger partial charge in [-0.1, -0.05) is 0 Å². The van der Waals surface area contributed by atoms with E-state index in [2.05, 4.69) is 0 Å². The maximum absolute atomic E-state index is 8.91. The molecule has 2 N–H and O–H groups in total. The Morgan fingerprint density at radius 2 is 1.46 bits per heavy atom. The molecule has 0 bridgehead atoms. The van der Waals surface area contributed by atoms with Crippen molar-refractivity contribution in [3.8, 4) is 0 Å². The fourth-order valence-corrected chi connectivity index (χ4v) is 0.756. The van der Waals surface area contributed by atoms with Crippen molar-refractivity contribution in [3.63, 3.8) is 0 Å². The first-order valence-corrected chi connectivity index (χ1v) is 4.57. The highest BCUT2D eigenvalue weighted by Gasteiger charge is 2.05. The molecule has 0 saturated carbocycles. The van der Waals surface area contributed by atoms with E-state index < -0.39 is 12.2 Å². The standard InChI is InChI=1S/C9H20O4/c1-7(10)4-12-6-9(3)13-5-8(2)11/h7-11H,4-6H2,1-3H3/t7-,8-,9+/m1/s1. The van der Waals surface area contributed by atoms with Crippen LogP contribution in [0.1, 0.15) is 20.8 Å². The van der Waals surface area contributed by atoms with Crippen molar-refractivity contribution in [2.75, 3.05) is 19.8 Å². The van der Waals surface area contributed by atoms with Gasteiger partial charge in [0.1, 0.15) is 0 Å². The molecule has 0 amide bonds. The minimum Gasteiger partial charge on any atom is -0.391 e. The van der Waals surface area contributed by atoms with E-state index in [1.165, 1.54) is 0 Å². The van der Waals surface area contributed by atoms with E-state index in [-0.39, 0.29) is 6.10 Å². The normalized spacial score (nSPS) is 18.2. The molecule has 4 heteroatoms. The second kappa shape index (κ2) is 7.26. The summed E-state index contributed by atoms with van der Waals surface area (Å²) < 4.78 is 10.4. The van der Waals surface area contributed by atoms with Crippen LogP contribution in [0.5, 0.6) is 0 Å². The number of hydrogen-bond donors (Lipinski definition) is 2. The quantitative estimate of drug-likeness (QED) is 0.603. The van der Waals surface area contributed by atoms with Crippen LogP contribution in [0.25, 0.3) is 0 Å². The zero-order chi connectivity index (χ0) is 10.3. The number of hydrogen-bond acceptors (Lipinski definition) is 4. The van der Waals surface area contributed by atoms with Gasteiger partial charge in [-0.3, -0.25) is 0 Å². The Morgan fingerprint density at radius 1 is 0.923 bits per heavy atom. The summed E-state index contributed by atoms with van der Waals surface area (Å²) >= 11 is 0. The third-order valence-corrected chi connectivity index (χ3v) is 1.33. The van der Waals surface area contributed by atoms with Crippen molar-refractivity contribution in [3.05, 3.63) is 0 Å². The molecule has 0 aliphatic carbocycles. The topological polar surface area (TPSA) is 58.9 Å². The van der Waals surface area contributed by atoms with Gasteiger partial charge in [-0.15, -0.1) is 0 Å². The second-order valence-electron chi connectivity index (χ2n) is 3.38. The van der Waals surface area contributed by atoms with Crippen molar-refractivity contribution >= 4 is 0 Å². The Kier molecular flexibility index (Phi) is 7.17. The van der Waals surface area contributed by atoms with Crippen LogP contribution in [0.4, 0.5) is 0 Å². The zero-order valence-corrected chi connectivity index (χ0v) is 8.56. The van der Waals surface area contributed by atoms with E-state index in [1.54, 1.807) is 13.8 Å². The summed E-state index contributed by atoms with van der Waals surface area (Å²) in [5, 5.41) is 17.8. The van der Waals surface area contributed by atoms with Crippen LogP contribution in [0.3, 0.4) is 0 Å². The van der Waals surface area contributed by atoms with E-state index in [0.717, 1.165) is 0 Å². The molecule has 0 aliphatic rings. The fourth-order valence-electron chi connectivity index (χ4n) is 0.756. The lowest BCUT2D eigenvalue weighted by molar-refractivity contribution is -0.0492. The summed E-state index contributed by atoms with van der Waals surface area (Å²) in [6, 6.07) is 0. The summed E-state index contributed by atoms with van der Waals surface area (Å²) in [4.78, 5) is 0. The van der Waals surface area contributed by atoms with Crippen molar-refractivity contribution in [1.29, 1.82) is 0 Å². The lowest BCUT2D eigenvalue weighted by Crippen LogP contribution is -2.23. The lowest BCUT2D eigenvalue weighted by atomic mass is 10.4. The van der Waals surface area contributed by atoms with Crippen LogP contribution >= 0.6 is 0 Å². The van der Waals surface area contributed by atoms with Crippen LogP contribution in [-0.2, 0) is 9.47 Å². The molecule has 3 atom stereocenters. The van der Waals surface area contributed by atoms with E-state index >= 15 is 0 Å². The summed E-state index contributed by atoms with van der Waals surface area (Å²) in [7, 11) is 0. The van der Waals surface area contributed by atoms with E-state index in [9.17, 15) is 0 Å². The van der Waals surface area contributed by atoms with Gasteiger partial charge >= 0.3 is 0 Å². The van der Waals surface area contributed by atoms with Crippen LogP contribution < -0.4 is 0 Å². The first-order valence-electron chi connectivity index (χ1n) is 4.57. The van der Waals surface area contributed by atoms with Gasteiger partial charge in [-0.05, 0) is 20.8 Å². The third-order valence-electron chi connectivity index (χ3n) is 1.33. The molecule has 13 heavy (non-hydrogen) atoms. The van der Waals surface area contributed by atoms with Crippen molar-refractivity contribution in [1.82, 2.24) is 0 Å². The lowest BCUT2D eigenvalue weighted by Gasteiger charge is -2.15. The van der Waals surface area contributed by atoms with Gasteiger partial charge in [0.15, 0.2) is 0 Å². The SMILES string of the molecule is C[C@@H](O)COC[C@H](C)OC[C@@H](C)O. The molecule has 0 spiro atoms. The van der Waals surface area contributed by atoms with Gasteiger partial charge in [0.25, 0.3) is 0 Å². The highest BCUT2D eigenvalue weighted by atomic mass is 16.5. The summed E-state index contributed by atoms with van der Waals surface area (Å²) in [6.07, 6.45) is -0.934. The molecule has 0 radical (unpaired) electrons. The molecule has 0 unspecified atom stereocenters. The molecule has 4 nitrogen and oxygen atoms in total. The van der Waals surface area contributed by atoms with Gasteiger partial charge < -0.3 is 19.7 Å². The van der Waals surface area contributed by atoms with E-state index in [4.69, 9.17) is 19.7 Å². The predicted octanol–water partition coefficient (Wildman–Crippen LogP) is 0.170. The Bertz CT molecular complexity index is 114. The molecular weight excluding hydrogens is 172 g/mol. The first kappa shape index (κ1) is 12.8. The number of rotatable bonds is 7. The number of aliphatic hydroxyl groups excluding tert-OH is 2. The predicted molar refractivity (Wildman–Crippen MR) is 49.6 cm³/mol. The molecule has 0 heterocycles. The smallest absolute Gasteiger partial charge is 0.0781 e. The summed E-state index contributed by atoms with van der Waals surface area (Å²) in [6.45, 7) is 6.29. The van der Waals surface area contributed by atoms with Crippen molar-refractivity contribution in [2.45, 2.75) is 39.1 Å². The monoisotopic (exact) mass is 192 g/mol. The largest absolute Gasteiger partial charge is 0.391 e. The van der Waals surface area contributed by atoms with Gasteiger partial charge in [-0.2, -0.15) is 0 Å². The number of aliphatic hydroxyl groups is 2. The summed E-state index contributed by atoms with van der Waals surface area (Å²) in [5.74, 6) is 0. The van der Waals surface area contributed by atoms with Crippen LogP contribution in [0, 0.1) is 0 Å². The van der Waals surface area contributed by atoms with Crippen LogP contribution in [0.15, 0.2) is 0 Å². The Hall–Kier alpha value is -0.160. The first-order chi connectivity index (χ1) is 6.02. The fraction of sp³-hybridized carbons (Fsp3) is 1.00. The molecule has 80 valence electrons. The maximum Gasteiger partial charge on any atom is 0.0781 e. The minimum atomic E-state index is -0.445. The average Bonchev–Trinajstić information content (AvgIpc) is 2.00. The highest BCUT2D eigenvalue weighted by molar-refractivity contribution is 4.51. The van der Waals surface area contributed by atoms with Crippen molar-refractivity contribution in [2.24, 2.45) is 0 Å². The van der Waals surface area contributed by atoms with E-state index in [1.807, 2.05) is 6.92 Å². The zero-order valence-electron chi connectivity index (χ0n) is 8.56. The molecule has 0 rings (SSSR count). The molecule has 0 aromatic rings. The molecule has 0 fully saturated rings. The molecular formula is C9H20O4. The van der Waals surface area contributed by atoms with Gasteiger partial charge in [0.2, 0.25) is 0 Å². The third kappa shape index (κ3) is 9.76. The summed E-state index contributed by atoms with van der Waals surface area (Å²) in [5.41, 5.74) is 0. The molecule has 0 aromatic heterocycles. The Balaban J connectivity index is 3.25. The highest BCUT2D eigenvalue weighted by Crippen LogP contribution is 1.95. The van der Waals surface area contributed by atoms with Crippen molar-refractivity contribution < 1.29 is 19.7 Å². The van der Waals surface area contributed by atoms with E-state index in [0.29, 0.717) is 19.8 Å². The molecule has 0 aromatic carbocycles. The molecule has 0 aliphatic heterocycles. The van der Waals surface area contributed by atoms with Crippen LogP contribution in [-0.4, -0.2) is 48.3 Å². The molecule has 0 saturated heterocycles. The maximum atomic E-state index is 8.91. The Morgan fingerprint density at radius 3 is 1.92 bits per heavy atom. The minimum absolute atomic E-state index is 0.0478. The van der Waals surface area contributed by atoms with Gasteiger partial charge in [0.05, 0.1) is 38.1 Å².